The molecule has 1 saturated heterocycles. The van der Waals surface area contributed by atoms with Crippen molar-refractivity contribution in [2.24, 2.45) is 11.8 Å². The molecule has 180 valence electrons. The van der Waals surface area contributed by atoms with Crippen molar-refractivity contribution in [2.75, 3.05) is 13.2 Å². The van der Waals surface area contributed by atoms with Crippen molar-refractivity contribution < 1.29 is 38.3 Å². The third-order valence-corrected chi connectivity index (χ3v) is 6.25. The van der Waals surface area contributed by atoms with Crippen LogP contribution in [-0.2, 0) is 38.3 Å². The van der Waals surface area contributed by atoms with Gasteiger partial charge in [0.15, 0.2) is 0 Å². The van der Waals surface area contributed by atoms with Gasteiger partial charge >= 0.3 is 11.9 Å². The molecule has 4 amide bonds. The van der Waals surface area contributed by atoms with E-state index in [-0.39, 0.29) is 55.5 Å². The number of esters is 1. The molecule has 1 aliphatic carbocycles. The molecule has 10 heteroatoms. The number of rotatable bonds is 11. The number of nitrogens with zero attached hydrogens (tertiary/aromatic N) is 2. The lowest BCUT2D eigenvalue weighted by Crippen LogP contribution is -2.36. The molecule has 0 bridgehead atoms. The van der Waals surface area contributed by atoms with Gasteiger partial charge in [0.05, 0.1) is 6.61 Å². The molecule has 0 spiro atoms. The van der Waals surface area contributed by atoms with Crippen LogP contribution < -0.4 is 0 Å². The van der Waals surface area contributed by atoms with E-state index in [1.165, 1.54) is 17.1 Å². The maximum Gasteiger partial charge on any atom is 0.333 e. The summed E-state index contributed by atoms with van der Waals surface area (Å²) in [6, 6.07) is 0. The van der Waals surface area contributed by atoms with Crippen LogP contribution in [-0.4, -0.2) is 58.7 Å². The summed E-state index contributed by atoms with van der Waals surface area (Å²) in [5, 5.41) is 0.542. The second-order valence-corrected chi connectivity index (χ2v) is 8.79. The zero-order valence-electron chi connectivity index (χ0n) is 18.7. The third kappa shape index (κ3) is 7.23. The molecule has 0 aromatic rings. The molecule has 2 fully saturated rings. The van der Waals surface area contributed by atoms with Gasteiger partial charge in [0.25, 0.3) is 23.6 Å². The molecule has 2 heterocycles. The quantitative estimate of drug-likeness (QED) is 0.258. The van der Waals surface area contributed by atoms with E-state index in [4.69, 9.17) is 9.57 Å². The van der Waals surface area contributed by atoms with Crippen molar-refractivity contribution in [3.8, 4) is 0 Å². The highest BCUT2D eigenvalue weighted by Crippen LogP contribution is 2.32. The minimum atomic E-state index is -0.624. The van der Waals surface area contributed by atoms with E-state index < -0.39 is 17.8 Å². The van der Waals surface area contributed by atoms with Crippen LogP contribution in [0.1, 0.15) is 70.6 Å². The molecule has 0 aromatic heterocycles. The first-order valence-corrected chi connectivity index (χ1v) is 11.6. The number of hydroxylamine groups is 2. The van der Waals surface area contributed by atoms with Gasteiger partial charge in [-0.15, -0.1) is 5.06 Å². The third-order valence-electron chi connectivity index (χ3n) is 6.25. The van der Waals surface area contributed by atoms with E-state index >= 15 is 0 Å². The molecule has 33 heavy (non-hydrogen) atoms. The van der Waals surface area contributed by atoms with Crippen LogP contribution in [0.5, 0.6) is 0 Å². The van der Waals surface area contributed by atoms with E-state index in [2.05, 4.69) is 0 Å². The minimum Gasteiger partial charge on any atom is -0.466 e. The molecule has 0 atom stereocenters. The van der Waals surface area contributed by atoms with E-state index in [9.17, 15) is 28.8 Å². The number of amides is 4. The number of carbonyl (C=O) groups excluding carboxylic acids is 6. The van der Waals surface area contributed by atoms with Crippen LogP contribution in [0.25, 0.3) is 0 Å². The SMILES string of the molecule is O=C(CC1CCC(CN2C(=O)C=CC2=O)CC1)OCCCCCC(=O)ON1C(=O)CCC1=O. The predicted molar refractivity (Wildman–Crippen MR) is 113 cm³/mol. The number of hydrogen-bond donors (Lipinski definition) is 0. The van der Waals surface area contributed by atoms with Crippen LogP contribution in [0.4, 0.5) is 0 Å². The van der Waals surface area contributed by atoms with Gasteiger partial charge in [0, 0.05) is 44.4 Å². The molecule has 0 radical (unpaired) electrons. The Hall–Kier alpha value is -3.04. The van der Waals surface area contributed by atoms with Gasteiger partial charge in [0.1, 0.15) is 0 Å². The number of carbonyl (C=O) groups is 6. The van der Waals surface area contributed by atoms with Crippen molar-refractivity contribution in [2.45, 2.75) is 70.6 Å². The van der Waals surface area contributed by atoms with Crippen molar-refractivity contribution in [3.63, 3.8) is 0 Å². The molecule has 10 nitrogen and oxygen atoms in total. The van der Waals surface area contributed by atoms with Gasteiger partial charge in [-0.05, 0) is 56.8 Å². The van der Waals surface area contributed by atoms with Crippen molar-refractivity contribution in [3.05, 3.63) is 12.2 Å². The summed E-state index contributed by atoms with van der Waals surface area (Å²) in [6.45, 7) is 0.721. The maximum absolute atomic E-state index is 12.1. The van der Waals surface area contributed by atoms with Crippen LogP contribution in [0.2, 0.25) is 0 Å². The Bertz CT molecular complexity index is 794. The van der Waals surface area contributed by atoms with Crippen molar-refractivity contribution in [1.29, 1.82) is 0 Å². The zero-order chi connectivity index (χ0) is 23.8. The molecule has 3 aliphatic rings. The van der Waals surface area contributed by atoms with Gasteiger partial charge in [0.2, 0.25) is 0 Å². The highest BCUT2D eigenvalue weighted by molar-refractivity contribution is 6.12. The summed E-state index contributed by atoms with van der Waals surface area (Å²) in [5.74, 6) is -1.83. The van der Waals surface area contributed by atoms with E-state index in [1.54, 1.807) is 0 Å². The smallest absolute Gasteiger partial charge is 0.333 e. The van der Waals surface area contributed by atoms with E-state index in [0.717, 1.165) is 25.7 Å². The molecule has 0 unspecified atom stereocenters. The summed E-state index contributed by atoms with van der Waals surface area (Å²) < 4.78 is 5.29. The molecular formula is C23H30N2O8. The normalized spacial score (nSPS) is 22.9. The molecular weight excluding hydrogens is 432 g/mol. The Labute approximate surface area is 192 Å². The van der Waals surface area contributed by atoms with Crippen molar-refractivity contribution >= 4 is 35.6 Å². The first-order chi connectivity index (χ1) is 15.8. The van der Waals surface area contributed by atoms with E-state index in [0.29, 0.717) is 37.3 Å². The lowest BCUT2D eigenvalue weighted by atomic mass is 9.80. The first kappa shape index (κ1) is 24.6. The van der Waals surface area contributed by atoms with Crippen LogP contribution in [0, 0.1) is 11.8 Å². The standard InChI is InChI=1S/C23H30N2O8/c26-18-9-10-19(27)24(18)15-17-7-5-16(6-8-17)14-23(31)32-13-3-1-2-4-22(30)33-25-20(28)11-12-21(25)29/h9-10,16-17H,1-8,11-15H2. The first-order valence-electron chi connectivity index (χ1n) is 11.6. The molecule has 1 saturated carbocycles. The second kappa shape index (κ2) is 11.7. The Kier molecular flexibility index (Phi) is 8.73. The Morgan fingerprint density at radius 1 is 0.818 bits per heavy atom. The number of unbranched alkanes of at least 4 members (excludes halogenated alkanes) is 2. The van der Waals surface area contributed by atoms with Crippen LogP contribution >= 0.6 is 0 Å². The topological polar surface area (TPSA) is 127 Å². The Morgan fingerprint density at radius 2 is 1.42 bits per heavy atom. The Morgan fingerprint density at radius 3 is 2.06 bits per heavy atom. The summed E-state index contributed by atoms with van der Waals surface area (Å²) in [7, 11) is 0. The van der Waals surface area contributed by atoms with Crippen molar-refractivity contribution in [1.82, 2.24) is 9.96 Å². The van der Waals surface area contributed by atoms with Gasteiger partial charge in [-0.1, -0.05) is 0 Å². The van der Waals surface area contributed by atoms with Crippen LogP contribution in [0.15, 0.2) is 12.2 Å². The van der Waals surface area contributed by atoms with Gasteiger partial charge < -0.3 is 9.57 Å². The second-order valence-electron chi connectivity index (χ2n) is 8.79. The lowest BCUT2D eigenvalue weighted by Gasteiger charge is -2.30. The molecule has 0 aromatic carbocycles. The van der Waals surface area contributed by atoms with Gasteiger partial charge in [-0.3, -0.25) is 28.9 Å². The highest BCUT2D eigenvalue weighted by Gasteiger charge is 2.33. The Balaban J connectivity index is 1.20. The minimum absolute atomic E-state index is 0.0667. The van der Waals surface area contributed by atoms with Gasteiger partial charge in [-0.2, -0.15) is 0 Å². The average molecular weight is 462 g/mol. The summed E-state index contributed by atoms with van der Waals surface area (Å²) >= 11 is 0. The van der Waals surface area contributed by atoms with Crippen LogP contribution in [0.3, 0.4) is 0 Å². The molecule has 3 rings (SSSR count). The number of hydrogen-bond acceptors (Lipinski definition) is 8. The summed E-state index contributed by atoms with van der Waals surface area (Å²) in [4.78, 5) is 76.0. The predicted octanol–water partition coefficient (Wildman–Crippen LogP) is 1.82. The summed E-state index contributed by atoms with van der Waals surface area (Å²) in [6.07, 6.45) is 8.43. The molecule has 0 N–H and O–H groups in total. The highest BCUT2D eigenvalue weighted by atomic mass is 16.7. The fourth-order valence-electron chi connectivity index (χ4n) is 4.32. The fourth-order valence-corrected chi connectivity index (χ4v) is 4.32. The lowest BCUT2D eigenvalue weighted by molar-refractivity contribution is -0.197. The number of imide groups is 2. The van der Waals surface area contributed by atoms with E-state index in [1.807, 2.05) is 0 Å². The largest absolute Gasteiger partial charge is 0.466 e. The molecule has 2 aliphatic heterocycles. The monoisotopic (exact) mass is 462 g/mol. The summed E-state index contributed by atoms with van der Waals surface area (Å²) in [5.41, 5.74) is 0. The zero-order valence-corrected chi connectivity index (χ0v) is 18.7. The maximum atomic E-state index is 12.1. The average Bonchev–Trinajstić information content (AvgIpc) is 3.27. The number of ether oxygens (including phenoxy) is 1. The van der Waals surface area contributed by atoms with Gasteiger partial charge in [-0.25, -0.2) is 4.79 Å². The fraction of sp³-hybridized carbons (Fsp3) is 0.652.